The van der Waals surface area contributed by atoms with Crippen LogP contribution in [0, 0.1) is 0 Å². The van der Waals surface area contributed by atoms with E-state index in [0.29, 0.717) is 13.0 Å². The Morgan fingerprint density at radius 3 is 2.03 bits per heavy atom. The fraction of sp³-hybridized carbons (Fsp3) is 0.171. The minimum atomic E-state index is -0.455. The molecule has 196 valence electrons. The Morgan fingerprint density at radius 1 is 0.795 bits per heavy atom. The van der Waals surface area contributed by atoms with Crippen molar-refractivity contribution in [3.63, 3.8) is 0 Å². The van der Waals surface area contributed by atoms with Crippen molar-refractivity contribution in [1.82, 2.24) is 10.2 Å². The van der Waals surface area contributed by atoms with E-state index < -0.39 is 6.04 Å². The average Bonchev–Trinajstić information content (AvgIpc) is 3.08. The van der Waals surface area contributed by atoms with Crippen molar-refractivity contribution in [2.24, 2.45) is 0 Å². The molecule has 0 aromatic heterocycles. The van der Waals surface area contributed by atoms with E-state index in [1.54, 1.807) is 0 Å². The van der Waals surface area contributed by atoms with Crippen LogP contribution >= 0.6 is 0 Å². The van der Waals surface area contributed by atoms with Crippen molar-refractivity contribution in [1.29, 1.82) is 0 Å². The standard InChI is InChI=1S/C35H35N3O/c1-26(36-25-30-18-10-5-11-19-30)33(23-22-28-14-6-3-7-15-28)38-27(2)31-20-12-13-21-32(31)37-35(39)34(38)24-29-16-8-4-9-17-29/h3-21,33-34,36H,1-2,22-25H2,(H,37,39). The van der Waals surface area contributed by atoms with Crippen LogP contribution in [0.15, 0.2) is 134 Å². The van der Waals surface area contributed by atoms with E-state index in [-0.39, 0.29) is 11.9 Å². The summed E-state index contributed by atoms with van der Waals surface area (Å²) in [6.45, 7) is 9.74. The third-order valence-corrected chi connectivity index (χ3v) is 7.37. The molecular weight excluding hydrogens is 478 g/mol. The van der Waals surface area contributed by atoms with Gasteiger partial charge < -0.3 is 15.5 Å². The number of rotatable bonds is 10. The molecule has 0 spiro atoms. The smallest absolute Gasteiger partial charge is 0.247 e. The number of hydrogen-bond acceptors (Lipinski definition) is 3. The molecule has 2 N–H and O–H groups in total. The molecule has 1 aliphatic rings. The van der Waals surface area contributed by atoms with Gasteiger partial charge in [0.1, 0.15) is 6.04 Å². The van der Waals surface area contributed by atoms with E-state index >= 15 is 0 Å². The van der Waals surface area contributed by atoms with Crippen molar-refractivity contribution in [2.45, 2.75) is 37.9 Å². The Balaban J connectivity index is 1.52. The van der Waals surface area contributed by atoms with Crippen molar-refractivity contribution in [2.75, 3.05) is 5.32 Å². The molecule has 0 saturated heterocycles. The second kappa shape index (κ2) is 12.3. The van der Waals surface area contributed by atoms with Crippen LogP contribution in [0.2, 0.25) is 0 Å². The van der Waals surface area contributed by atoms with Gasteiger partial charge in [0.05, 0.1) is 11.7 Å². The van der Waals surface area contributed by atoms with Gasteiger partial charge in [0.25, 0.3) is 0 Å². The highest BCUT2D eigenvalue weighted by atomic mass is 16.2. The summed E-state index contributed by atoms with van der Waals surface area (Å²) in [5, 5.41) is 6.77. The van der Waals surface area contributed by atoms with Crippen molar-refractivity contribution >= 4 is 17.3 Å². The summed E-state index contributed by atoms with van der Waals surface area (Å²) < 4.78 is 0. The molecule has 1 heterocycles. The van der Waals surface area contributed by atoms with Gasteiger partial charge >= 0.3 is 0 Å². The molecule has 5 rings (SSSR count). The summed E-state index contributed by atoms with van der Waals surface area (Å²) in [5.74, 6) is -0.0366. The Hall–Kier alpha value is -4.57. The number of nitrogens with zero attached hydrogens (tertiary/aromatic N) is 1. The molecule has 0 aliphatic carbocycles. The Kier molecular flexibility index (Phi) is 8.23. The minimum absolute atomic E-state index is 0.0366. The highest BCUT2D eigenvalue weighted by Gasteiger charge is 2.37. The first-order valence-corrected chi connectivity index (χ1v) is 13.5. The van der Waals surface area contributed by atoms with E-state index in [4.69, 9.17) is 0 Å². The van der Waals surface area contributed by atoms with Crippen LogP contribution in [-0.2, 0) is 24.2 Å². The number of hydrogen-bond donors (Lipinski definition) is 2. The predicted octanol–water partition coefficient (Wildman–Crippen LogP) is 6.83. The van der Waals surface area contributed by atoms with Crippen LogP contribution in [-0.4, -0.2) is 22.9 Å². The van der Waals surface area contributed by atoms with Gasteiger partial charge in [-0.05, 0) is 35.6 Å². The molecule has 0 bridgehead atoms. The van der Waals surface area contributed by atoms with Crippen molar-refractivity contribution < 1.29 is 4.79 Å². The van der Waals surface area contributed by atoms with Gasteiger partial charge in [-0.2, -0.15) is 0 Å². The van der Waals surface area contributed by atoms with Crippen LogP contribution in [0.25, 0.3) is 5.70 Å². The first-order valence-electron chi connectivity index (χ1n) is 13.5. The third kappa shape index (κ3) is 6.29. The number of nitrogens with one attached hydrogen (secondary N) is 2. The number of amides is 1. The molecule has 39 heavy (non-hydrogen) atoms. The summed E-state index contributed by atoms with van der Waals surface area (Å²) in [6, 6.07) is 38.3. The fourth-order valence-corrected chi connectivity index (χ4v) is 5.31. The molecule has 0 saturated carbocycles. The molecule has 2 unspecified atom stereocenters. The van der Waals surface area contributed by atoms with Crippen LogP contribution in [0.3, 0.4) is 0 Å². The van der Waals surface area contributed by atoms with Crippen LogP contribution in [0.4, 0.5) is 5.69 Å². The molecule has 4 heteroatoms. The lowest BCUT2D eigenvalue weighted by Crippen LogP contribution is -2.50. The predicted molar refractivity (Wildman–Crippen MR) is 161 cm³/mol. The lowest BCUT2D eigenvalue weighted by molar-refractivity contribution is -0.120. The van der Waals surface area contributed by atoms with Crippen LogP contribution in [0.5, 0.6) is 0 Å². The first kappa shape index (κ1) is 26.1. The lowest BCUT2D eigenvalue weighted by Gasteiger charge is -2.40. The van der Waals surface area contributed by atoms with Gasteiger partial charge in [0.2, 0.25) is 5.91 Å². The number of carbonyl (C=O) groups is 1. The zero-order valence-corrected chi connectivity index (χ0v) is 22.2. The van der Waals surface area contributed by atoms with Crippen molar-refractivity contribution in [3.05, 3.63) is 156 Å². The zero-order chi connectivity index (χ0) is 27.0. The van der Waals surface area contributed by atoms with Gasteiger partial charge in [-0.1, -0.05) is 122 Å². The number of benzene rings is 4. The molecule has 2 atom stereocenters. The minimum Gasteiger partial charge on any atom is -0.383 e. The van der Waals surface area contributed by atoms with Crippen molar-refractivity contribution in [3.8, 4) is 0 Å². The fourth-order valence-electron chi connectivity index (χ4n) is 5.31. The second-order valence-electron chi connectivity index (χ2n) is 10.00. The van der Waals surface area contributed by atoms with Crippen LogP contribution < -0.4 is 10.6 Å². The molecule has 4 aromatic carbocycles. The van der Waals surface area contributed by atoms with E-state index in [2.05, 4.69) is 77.2 Å². The number of fused-ring (bicyclic) bond motifs is 1. The number of aryl methyl sites for hydroxylation is 1. The molecular formula is C35H35N3O. The summed E-state index contributed by atoms with van der Waals surface area (Å²) in [4.78, 5) is 16.1. The van der Waals surface area contributed by atoms with E-state index in [9.17, 15) is 4.79 Å². The summed E-state index contributed by atoms with van der Waals surface area (Å²) in [5.41, 5.74) is 6.96. The largest absolute Gasteiger partial charge is 0.383 e. The normalized spacial score (nSPS) is 15.6. The van der Waals surface area contributed by atoms with Gasteiger partial charge in [-0.25, -0.2) is 0 Å². The van der Waals surface area contributed by atoms with Gasteiger partial charge in [0, 0.05) is 29.9 Å². The molecule has 1 aliphatic heterocycles. The van der Waals surface area contributed by atoms with Crippen LogP contribution in [0.1, 0.15) is 28.7 Å². The topological polar surface area (TPSA) is 44.4 Å². The molecule has 1 amide bonds. The maximum atomic E-state index is 13.9. The average molecular weight is 514 g/mol. The van der Waals surface area contributed by atoms with E-state index in [0.717, 1.165) is 41.1 Å². The molecule has 4 aromatic rings. The maximum Gasteiger partial charge on any atom is 0.247 e. The quantitative estimate of drug-likeness (QED) is 0.244. The van der Waals surface area contributed by atoms with E-state index in [1.807, 2.05) is 66.7 Å². The van der Waals surface area contributed by atoms with Gasteiger partial charge in [0.15, 0.2) is 0 Å². The zero-order valence-electron chi connectivity index (χ0n) is 22.2. The Labute approximate surface area is 231 Å². The molecule has 0 fully saturated rings. The Bertz CT molecular complexity index is 1420. The van der Waals surface area contributed by atoms with Gasteiger partial charge in [-0.3, -0.25) is 4.79 Å². The highest BCUT2D eigenvalue weighted by Crippen LogP contribution is 2.35. The monoisotopic (exact) mass is 513 g/mol. The summed E-state index contributed by atoms with van der Waals surface area (Å²) in [6.07, 6.45) is 2.19. The highest BCUT2D eigenvalue weighted by molar-refractivity contribution is 6.00. The number of anilines is 1. The maximum absolute atomic E-state index is 13.9. The first-order chi connectivity index (χ1) is 19.1. The van der Waals surface area contributed by atoms with E-state index in [1.165, 1.54) is 11.1 Å². The number of para-hydroxylation sites is 1. The molecule has 4 nitrogen and oxygen atoms in total. The summed E-state index contributed by atoms with van der Waals surface area (Å²) >= 11 is 0. The Morgan fingerprint density at radius 2 is 1.36 bits per heavy atom. The molecule has 0 radical (unpaired) electrons. The lowest BCUT2D eigenvalue weighted by atomic mass is 9.95. The number of carbonyl (C=O) groups excluding carboxylic acids is 1. The summed E-state index contributed by atoms with van der Waals surface area (Å²) in [7, 11) is 0. The van der Waals surface area contributed by atoms with Gasteiger partial charge in [-0.15, -0.1) is 0 Å². The third-order valence-electron chi connectivity index (χ3n) is 7.37. The SMILES string of the molecule is C=C(NCc1ccccc1)C(CCc1ccccc1)N1C(=C)c2ccccc2NC(=O)C1Cc1ccccc1. The second-order valence-corrected chi connectivity index (χ2v) is 10.00.